The lowest BCUT2D eigenvalue weighted by Gasteiger charge is -2.14. The fraction of sp³-hybridized carbons (Fsp3) is 0.143. The average molecular weight is 372 g/mol. The Morgan fingerprint density at radius 2 is 2.00 bits per heavy atom. The van der Waals surface area contributed by atoms with Crippen LogP contribution in [0.1, 0.15) is 17.0 Å². The summed E-state index contributed by atoms with van der Waals surface area (Å²) in [7, 11) is 0. The van der Waals surface area contributed by atoms with Crippen LogP contribution in [0, 0.1) is 13.8 Å². The summed E-state index contributed by atoms with van der Waals surface area (Å²) >= 11 is 14.6. The van der Waals surface area contributed by atoms with E-state index in [0.29, 0.717) is 22.1 Å². The molecule has 2 N–H and O–H groups in total. The lowest BCUT2D eigenvalue weighted by atomic mass is 10.1. The third kappa shape index (κ3) is 3.29. The van der Waals surface area contributed by atoms with Crippen molar-refractivity contribution in [1.29, 1.82) is 0 Å². The maximum Gasteiger partial charge on any atom is 0.147 e. The van der Waals surface area contributed by atoms with E-state index < -0.39 is 0 Å². The number of nitrogens with zero attached hydrogens (tertiary/aromatic N) is 1. The summed E-state index contributed by atoms with van der Waals surface area (Å²) in [6.07, 6.45) is 0. The van der Waals surface area contributed by atoms with E-state index in [2.05, 4.69) is 20.9 Å². The predicted octanol–water partition coefficient (Wildman–Crippen LogP) is 4.54. The van der Waals surface area contributed by atoms with Crippen LogP contribution >= 0.6 is 39.7 Å². The Morgan fingerprint density at radius 1 is 1.30 bits per heavy atom. The van der Waals surface area contributed by atoms with Crippen LogP contribution in [0.2, 0.25) is 5.02 Å². The van der Waals surface area contributed by atoms with E-state index in [0.717, 1.165) is 15.9 Å². The van der Waals surface area contributed by atoms with E-state index >= 15 is 0 Å². The van der Waals surface area contributed by atoms with Gasteiger partial charge in [0, 0.05) is 16.2 Å². The number of pyridine rings is 1. The van der Waals surface area contributed by atoms with Gasteiger partial charge in [0.2, 0.25) is 0 Å². The average Bonchev–Trinajstić information content (AvgIpc) is 2.32. The van der Waals surface area contributed by atoms with Gasteiger partial charge < -0.3 is 10.5 Å². The van der Waals surface area contributed by atoms with Gasteiger partial charge in [-0.05, 0) is 32.0 Å². The Kier molecular flexibility index (Phi) is 4.62. The lowest BCUT2D eigenvalue weighted by molar-refractivity contribution is 0.479. The highest BCUT2D eigenvalue weighted by molar-refractivity contribution is 9.10. The molecule has 0 unspecified atom stereocenters. The van der Waals surface area contributed by atoms with Crippen LogP contribution in [0.3, 0.4) is 0 Å². The van der Waals surface area contributed by atoms with Crippen molar-refractivity contribution in [3.05, 3.63) is 50.7 Å². The molecular weight excluding hydrogens is 360 g/mol. The number of aromatic nitrogens is 1. The molecule has 0 aliphatic heterocycles. The minimum Gasteiger partial charge on any atom is -0.455 e. The molecule has 2 rings (SSSR count). The molecule has 2 aromatic rings. The van der Waals surface area contributed by atoms with E-state index in [1.165, 1.54) is 0 Å². The van der Waals surface area contributed by atoms with Gasteiger partial charge in [-0.2, -0.15) is 0 Å². The number of halogens is 2. The van der Waals surface area contributed by atoms with Crippen molar-refractivity contribution >= 4 is 44.7 Å². The number of hydrogen-bond donors (Lipinski definition) is 1. The molecule has 0 aliphatic rings. The molecule has 0 atom stereocenters. The highest BCUT2D eigenvalue weighted by Gasteiger charge is 2.14. The van der Waals surface area contributed by atoms with Crippen molar-refractivity contribution in [1.82, 2.24) is 4.98 Å². The lowest BCUT2D eigenvalue weighted by Crippen LogP contribution is -2.14. The van der Waals surface area contributed by atoms with Gasteiger partial charge in [0.05, 0.1) is 16.3 Å². The highest BCUT2D eigenvalue weighted by Crippen LogP contribution is 2.34. The van der Waals surface area contributed by atoms with Gasteiger partial charge in [-0.15, -0.1) is 0 Å². The van der Waals surface area contributed by atoms with Gasteiger partial charge >= 0.3 is 0 Å². The molecule has 0 amide bonds. The van der Waals surface area contributed by atoms with E-state index in [9.17, 15) is 0 Å². The summed E-state index contributed by atoms with van der Waals surface area (Å²) in [6.45, 7) is 3.72. The van der Waals surface area contributed by atoms with Crippen molar-refractivity contribution in [3.63, 3.8) is 0 Å². The Balaban J connectivity index is 2.53. The first-order valence-corrected chi connectivity index (χ1v) is 7.37. The number of hydrogen-bond acceptors (Lipinski definition) is 3. The van der Waals surface area contributed by atoms with E-state index in [1.807, 2.05) is 19.9 Å². The molecule has 1 heterocycles. The number of ether oxygens (including phenoxy) is 1. The zero-order chi connectivity index (χ0) is 14.9. The monoisotopic (exact) mass is 370 g/mol. The first-order valence-electron chi connectivity index (χ1n) is 5.79. The maximum atomic E-state index is 6.13. The SMILES string of the molecule is Cc1cc(Oc2cc(Br)ccc2Cl)c(C(N)=S)c(C)n1. The second-order valence-corrected chi connectivity index (χ2v) is 6.03. The van der Waals surface area contributed by atoms with Gasteiger partial charge in [0.1, 0.15) is 16.5 Å². The Labute approximate surface area is 136 Å². The summed E-state index contributed by atoms with van der Waals surface area (Å²) in [4.78, 5) is 4.59. The van der Waals surface area contributed by atoms with Gasteiger partial charge in [-0.1, -0.05) is 39.7 Å². The summed E-state index contributed by atoms with van der Waals surface area (Å²) < 4.78 is 6.75. The number of rotatable bonds is 3. The summed E-state index contributed by atoms with van der Waals surface area (Å²) in [5, 5.41) is 0.509. The second-order valence-electron chi connectivity index (χ2n) is 4.26. The molecule has 0 spiro atoms. The Morgan fingerprint density at radius 3 is 2.65 bits per heavy atom. The minimum atomic E-state index is 0.246. The van der Waals surface area contributed by atoms with Crippen LogP contribution in [-0.4, -0.2) is 9.97 Å². The molecule has 0 radical (unpaired) electrons. The molecule has 0 fully saturated rings. The number of aryl methyl sites for hydroxylation is 2. The quantitative estimate of drug-likeness (QED) is 0.805. The molecule has 0 saturated carbocycles. The fourth-order valence-electron chi connectivity index (χ4n) is 1.85. The molecule has 1 aromatic heterocycles. The van der Waals surface area contributed by atoms with Gasteiger partial charge in [-0.25, -0.2) is 0 Å². The predicted molar refractivity (Wildman–Crippen MR) is 88.8 cm³/mol. The molecular formula is C14H12BrClN2OS. The molecule has 0 bridgehead atoms. The first-order chi connectivity index (χ1) is 9.38. The standard InChI is InChI=1S/C14H12BrClN2OS/c1-7-5-12(13(14(17)20)8(2)18-7)19-11-6-9(15)3-4-10(11)16/h3-6H,1-2H3,(H2,17,20). The fourth-order valence-corrected chi connectivity index (χ4v) is 2.59. The van der Waals surface area contributed by atoms with Gasteiger partial charge in [-0.3, -0.25) is 4.98 Å². The summed E-state index contributed by atoms with van der Waals surface area (Å²) in [5.74, 6) is 1.09. The molecule has 0 aliphatic carbocycles. The Bertz CT molecular complexity index is 691. The van der Waals surface area contributed by atoms with E-state index in [4.69, 9.17) is 34.3 Å². The van der Waals surface area contributed by atoms with Crippen LogP contribution in [-0.2, 0) is 0 Å². The zero-order valence-corrected chi connectivity index (χ0v) is 14.1. The van der Waals surface area contributed by atoms with Crippen LogP contribution in [0.15, 0.2) is 28.7 Å². The van der Waals surface area contributed by atoms with Gasteiger partial charge in [0.15, 0.2) is 0 Å². The van der Waals surface area contributed by atoms with Crippen molar-refractivity contribution in [2.24, 2.45) is 5.73 Å². The third-order valence-corrected chi connectivity index (χ3v) is 3.66. The molecule has 1 aromatic carbocycles. The topological polar surface area (TPSA) is 48.1 Å². The molecule has 0 saturated heterocycles. The van der Waals surface area contributed by atoms with Crippen LogP contribution in [0.4, 0.5) is 0 Å². The van der Waals surface area contributed by atoms with Crippen LogP contribution in [0.25, 0.3) is 0 Å². The molecule has 20 heavy (non-hydrogen) atoms. The zero-order valence-electron chi connectivity index (χ0n) is 10.9. The Hall–Kier alpha value is -1.17. The largest absolute Gasteiger partial charge is 0.455 e. The van der Waals surface area contributed by atoms with Crippen LogP contribution in [0.5, 0.6) is 11.5 Å². The van der Waals surface area contributed by atoms with Crippen LogP contribution < -0.4 is 10.5 Å². The molecule has 3 nitrogen and oxygen atoms in total. The maximum absolute atomic E-state index is 6.13. The minimum absolute atomic E-state index is 0.246. The first kappa shape index (κ1) is 15.2. The van der Waals surface area contributed by atoms with Crippen molar-refractivity contribution in [2.45, 2.75) is 13.8 Å². The molecule has 104 valence electrons. The number of benzene rings is 1. The second kappa shape index (κ2) is 6.08. The van der Waals surface area contributed by atoms with Gasteiger partial charge in [0.25, 0.3) is 0 Å². The summed E-state index contributed by atoms with van der Waals surface area (Å²) in [6, 6.07) is 7.17. The normalized spacial score (nSPS) is 10.4. The van der Waals surface area contributed by atoms with E-state index in [1.54, 1.807) is 18.2 Å². The van der Waals surface area contributed by atoms with Crippen molar-refractivity contribution in [2.75, 3.05) is 0 Å². The molecule has 6 heteroatoms. The van der Waals surface area contributed by atoms with Crippen molar-refractivity contribution in [3.8, 4) is 11.5 Å². The number of nitrogens with two attached hydrogens (primary N) is 1. The van der Waals surface area contributed by atoms with E-state index in [-0.39, 0.29) is 4.99 Å². The summed E-state index contributed by atoms with van der Waals surface area (Å²) in [5.41, 5.74) is 7.94. The van der Waals surface area contributed by atoms with Crippen molar-refractivity contribution < 1.29 is 4.74 Å². The smallest absolute Gasteiger partial charge is 0.147 e. The number of thiocarbonyl (C=S) groups is 1. The third-order valence-electron chi connectivity index (χ3n) is 2.65. The highest BCUT2D eigenvalue weighted by atomic mass is 79.9.